The Hall–Kier alpha value is -1.55. The number of hydrogen-bond acceptors (Lipinski definition) is 3. The first-order valence-corrected chi connectivity index (χ1v) is 6.69. The number of amides is 1. The summed E-state index contributed by atoms with van der Waals surface area (Å²) in [6.07, 6.45) is 0. The number of hydrogen-bond donors (Lipinski definition) is 2. The molecule has 1 atom stereocenters. The van der Waals surface area contributed by atoms with Crippen LogP contribution in [-0.2, 0) is 4.79 Å². The molecule has 1 amide bonds. The largest absolute Gasteiger partial charge is 0.493 e. The average molecular weight is 264 g/mol. The Labute approximate surface area is 115 Å². The molecule has 106 valence electrons. The molecule has 0 aromatic heterocycles. The fourth-order valence-electron chi connectivity index (χ4n) is 1.57. The molecule has 1 aromatic carbocycles. The second kappa shape index (κ2) is 7.79. The van der Waals surface area contributed by atoms with Gasteiger partial charge in [0.2, 0.25) is 5.91 Å². The first-order chi connectivity index (χ1) is 9.02. The molecule has 0 saturated carbocycles. The van der Waals surface area contributed by atoms with Crippen molar-refractivity contribution in [2.45, 2.75) is 26.8 Å². The van der Waals surface area contributed by atoms with Gasteiger partial charge in [-0.25, -0.2) is 0 Å². The monoisotopic (exact) mass is 264 g/mol. The zero-order valence-corrected chi connectivity index (χ0v) is 12.2. The standard InChI is InChI=1S/C15H24N2O2/c1-11(2)10-19-14-7-5-13(6-8-14)12(3)17-9-15(18)16-4/h5-8,11-12,17H,9-10H2,1-4H3,(H,16,18). The summed E-state index contributed by atoms with van der Waals surface area (Å²) in [6, 6.07) is 8.12. The SMILES string of the molecule is CNC(=O)CNC(C)c1ccc(OCC(C)C)cc1. The van der Waals surface area contributed by atoms with Crippen LogP contribution < -0.4 is 15.4 Å². The molecule has 4 nitrogen and oxygen atoms in total. The van der Waals surface area contributed by atoms with Crippen molar-refractivity contribution in [1.82, 2.24) is 10.6 Å². The van der Waals surface area contributed by atoms with Crippen molar-refractivity contribution in [2.75, 3.05) is 20.2 Å². The average Bonchev–Trinajstić information content (AvgIpc) is 2.42. The van der Waals surface area contributed by atoms with Gasteiger partial charge in [0, 0.05) is 13.1 Å². The second-order valence-electron chi connectivity index (χ2n) is 5.05. The maximum absolute atomic E-state index is 11.2. The Morgan fingerprint density at radius 2 is 1.84 bits per heavy atom. The van der Waals surface area contributed by atoms with Crippen LogP contribution in [0.4, 0.5) is 0 Å². The topological polar surface area (TPSA) is 50.4 Å². The summed E-state index contributed by atoms with van der Waals surface area (Å²) in [5, 5.41) is 5.75. The molecule has 4 heteroatoms. The first kappa shape index (κ1) is 15.5. The summed E-state index contributed by atoms with van der Waals surface area (Å²) in [5.74, 6) is 1.40. The van der Waals surface area contributed by atoms with Crippen molar-refractivity contribution in [2.24, 2.45) is 5.92 Å². The number of carbonyl (C=O) groups is 1. The van der Waals surface area contributed by atoms with Gasteiger partial charge in [-0.2, -0.15) is 0 Å². The van der Waals surface area contributed by atoms with E-state index in [4.69, 9.17) is 4.74 Å². The normalized spacial score (nSPS) is 12.3. The van der Waals surface area contributed by atoms with Crippen LogP contribution in [0.5, 0.6) is 5.75 Å². The molecule has 0 radical (unpaired) electrons. The Bertz CT molecular complexity index is 388. The van der Waals surface area contributed by atoms with Crippen LogP contribution in [-0.4, -0.2) is 26.1 Å². The van der Waals surface area contributed by atoms with E-state index in [1.54, 1.807) is 7.05 Å². The quantitative estimate of drug-likeness (QED) is 0.793. The van der Waals surface area contributed by atoms with E-state index in [1.807, 2.05) is 31.2 Å². The zero-order chi connectivity index (χ0) is 14.3. The predicted octanol–water partition coefficient (Wildman–Crippen LogP) is 2.12. The van der Waals surface area contributed by atoms with E-state index in [1.165, 1.54) is 0 Å². The Kier molecular flexibility index (Phi) is 6.36. The van der Waals surface area contributed by atoms with Crippen LogP contribution >= 0.6 is 0 Å². The number of nitrogens with one attached hydrogen (secondary N) is 2. The van der Waals surface area contributed by atoms with Crippen molar-refractivity contribution >= 4 is 5.91 Å². The summed E-state index contributed by atoms with van der Waals surface area (Å²) in [5.41, 5.74) is 1.14. The zero-order valence-electron chi connectivity index (χ0n) is 12.2. The molecular weight excluding hydrogens is 240 g/mol. The van der Waals surface area contributed by atoms with Gasteiger partial charge in [0.1, 0.15) is 5.75 Å². The molecule has 0 aliphatic rings. The van der Waals surface area contributed by atoms with Gasteiger partial charge < -0.3 is 15.4 Å². The highest BCUT2D eigenvalue weighted by Crippen LogP contribution is 2.17. The molecule has 1 rings (SSSR count). The third kappa shape index (κ3) is 5.75. The van der Waals surface area contributed by atoms with Crippen molar-refractivity contribution in [3.63, 3.8) is 0 Å². The maximum atomic E-state index is 11.2. The third-order valence-corrected chi connectivity index (χ3v) is 2.81. The van der Waals surface area contributed by atoms with Gasteiger partial charge in [-0.1, -0.05) is 26.0 Å². The third-order valence-electron chi connectivity index (χ3n) is 2.81. The van der Waals surface area contributed by atoms with Crippen molar-refractivity contribution < 1.29 is 9.53 Å². The predicted molar refractivity (Wildman–Crippen MR) is 77.3 cm³/mol. The Morgan fingerprint density at radius 3 is 2.37 bits per heavy atom. The van der Waals surface area contributed by atoms with Crippen LogP contribution in [0.3, 0.4) is 0 Å². The molecule has 0 spiro atoms. The van der Waals surface area contributed by atoms with Gasteiger partial charge >= 0.3 is 0 Å². The second-order valence-corrected chi connectivity index (χ2v) is 5.05. The summed E-state index contributed by atoms with van der Waals surface area (Å²) in [6.45, 7) is 7.33. The van der Waals surface area contributed by atoms with E-state index in [-0.39, 0.29) is 11.9 Å². The minimum atomic E-state index is -0.0104. The van der Waals surface area contributed by atoms with Crippen molar-refractivity contribution in [1.29, 1.82) is 0 Å². The van der Waals surface area contributed by atoms with Gasteiger partial charge in [0.25, 0.3) is 0 Å². The lowest BCUT2D eigenvalue weighted by atomic mass is 10.1. The number of ether oxygens (including phenoxy) is 1. The fourth-order valence-corrected chi connectivity index (χ4v) is 1.57. The molecule has 0 heterocycles. The van der Waals surface area contributed by atoms with E-state index in [2.05, 4.69) is 24.5 Å². The first-order valence-electron chi connectivity index (χ1n) is 6.69. The van der Waals surface area contributed by atoms with E-state index < -0.39 is 0 Å². The Balaban J connectivity index is 2.48. The number of rotatable bonds is 7. The highest BCUT2D eigenvalue weighted by Gasteiger charge is 2.07. The minimum Gasteiger partial charge on any atom is -0.493 e. The van der Waals surface area contributed by atoms with Gasteiger partial charge in [0.15, 0.2) is 0 Å². The number of benzene rings is 1. The van der Waals surface area contributed by atoms with E-state index >= 15 is 0 Å². The van der Waals surface area contributed by atoms with Crippen LogP contribution in [0.2, 0.25) is 0 Å². The molecule has 0 aliphatic heterocycles. The highest BCUT2D eigenvalue weighted by atomic mass is 16.5. The number of carbonyl (C=O) groups excluding carboxylic acids is 1. The van der Waals surface area contributed by atoms with Gasteiger partial charge in [-0.05, 0) is 30.5 Å². The van der Waals surface area contributed by atoms with Crippen molar-refractivity contribution in [3.8, 4) is 5.75 Å². The summed E-state index contributed by atoms with van der Waals surface area (Å²) >= 11 is 0. The van der Waals surface area contributed by atoms with Crippen LogP contribution in [0.25, 0.3) is 0 Å². The molecule has 0 bridgehead atoms. The van der Waals surface area contributed by atoms with Gasteiger partial charge in [-0.3, -0.25) is 4.79 Å². The summed E-state index contributed by atoms with van der Waals surface area (Å²) < 4.78 is 5.63. The minimum absolute atomic E-state index is 0.0104. The van der Waals surface area contributed by atoms with Crippen LogP contribution in [0.1, 0.15) is 32.4 Å². The van der Waals surface area contributed by atoms with Gasteiger partial charge in [0.05, 0.1) is 13.2 Å². The lowest BCUT2D eigenvalue weighted by Crippen LogP contribution is -2.32. The van der Waals surface area contributed by atoms with Crippen molar-refractivity contribution in [3.05, 3.63) is 29.8 Å². The maximum Gasteiger partial charge on any atom is 0.233 e. The van der Waals surface area contributed by atoms with Gasteiger partial charge in [-0.15, -0.1) is 0 Å². The fraction of sp³-hybridized carbons (Fsp3) is 0.533. The van der Waals surface area contributed by atoms with E-state index in [0.717, 1.165) is 17.9 Å². The lowest BCUT2D eigenvalue weighted by Gasteiger charge is -2.14. The highest BCUT2D eigenvalue weighted by molar-refractivity contribution is 5.77. The van der Waals surface area contributed by atoms with E-state index in [9.17, 15) is 4.79 Å². The molecule has 0 aliphatic carbocycles. The van der Waals surface area contributed by atoms with E-state index in [0.29, 0.717) is 12.5 Å². The molecule has 0 fully saturated rings. The molecular formula is C15H24N2O2. The molecule has 1 aromatic rings. The molecule has 0 saturated heterocycles. The molecule has 2 N–H and O–H groups in total. The molecule has 1 unspecified atom stereocenters. The smallest absolute Gasteiger partial charge is 0.233 e. The molecule has 19 heavy (non-hydrogen) atoms. The summed E-state index contributed by atoms with van der Waals surface area (Å²) in [7, 11) is 1.63. The lowest BCUT2D eigenvalue weighted by molar-refractivity contribution is -0.119. The summed E-state index contributed by atoms with van der Waals surface area (Å²) in [4.78, 5) is 11.2. The number of likely N-dealkylation sites (N-methyl/N-ethyl adjacent to an activating group) is 1. The van der Waals surface area contributed by atoms with Crippen LogP contribution in [0.15, 0.2) is 24.3 Å². The van der Waals surface area contributed by atoms with Crippen LogP contribution in [0, 0.1) is 5.92 Å². The Morgan fingerprint density at radius 1 is 1.21 bits per heavy atom.